The number of rotatable bonds is 4. The molecule has 2 amide bonds. The van der Waals surface area contributed by atoms with Gasteiger partial charge in [-0.05, 0) is 61.7 Å². The van der Waals surface area contributed by atoms with Gasteiger partial charge in [0.15, 0.2) is 0 Å². The number of hydrogen-bond donors (Lipinski definition) is 3. The molecule has 1 aromatic heterocycles. The van der Waals surface area contributed by atoms with Crippen molar-refractivity contribution >= 4 is 23.3 Å². The summed E-state index contributed by atoms with van der Waals surface area (Å²) in [5, 5.41) is 17.0. The maximum atomic E-state index is 13.2. The number of aliphatic hydroxyl groups excluding tert-OH is 1. The number of carbonyl (C=O) groups excluding carboxylic acids is 2. The standard InChI is InChI=1S/C29H31N5O3/c1-18-27(36)34(24(16-33(18)2)19-7-4-3-5-8-19)17-25(35)31-22-11-10-20-14-29(15-21(20)13-22)23-9-6-12-30-26(23)32-28(29)37/h3-13,18,24,28,37H,14-17H2,1-2H3,(H,30,32)(H,31,35). The molecule has 0 radical (unpaired) electrons. The molecule has 8 heteroatoms. The quantitative estimate of drug-likeness (QED) is 0.513. The number of amides is 2. The van der Waals surface area contributed by atoms with Gasteiger partial charge in [-0.15, -0.1) is 0 Å². The fourth-order valence-electron chi connectivity index (χ4n) is 6.12. The number of fused-ring (bicyclic) bond motifs is 3. The van der Waals surface area contributed by atoms with E-state index in [1.54, 1.807) is 11.1 Å². The van der Waals surface area contributed by atoms with Gasteiger partial charge in [0.05, 0.1) is 17.5 Å². The summed E-state index contributed by atoms with van der Waals surface area (Å²) >= 11 is 0. The summed E-state index contributed by atoms with van der Waals surface area (Å²) in [5.41, 5.74) is 4.53. The molecule has 3 N–H and O–H groups in total. The molecule has 4 unspecified atom stereocenters. The number of aliphatic hydroxyl groups is 1. The molecule has 2 aliphatic heterocycles. The molecule has 1 saturated heterocycles. The van der Waals surface area contributed by atoms with Crippen molar-refractivity contribution < 1.29 is 14.7 Å². The lowest BCUT2D eigenvalue weighted by atomic mass is 9.79. The number of piperazine rings is 1. The number of nitrogens with zero attached hydrogens (tertiary/aromatic N) is 3. The maximum absolute atomic E-state index is 13.2. The van der Waals surface area contributed by atoms with E-state index in [-0.39, 0.29) is 30.4 Å². The minimum atomic E-state index is -0.719. The van der Waals surface area contributed by atoms with Crippen LogP contribution in [0.2, 0.25) is 0 Å². The molecule has 0 bridgehead atoms. The summed E-state index contributed by atoms with van der Waals surface area (Å²) in [4.78, 5) is 34.5. The molecule has 37 heavy (non-hydrogen) atoms. The minimum absolute atomic E-state index is 0.0146. The van der Waals surface area contributed by atoms with Crippen molar-refractivity contribution in [2.45, 2.75) is 43.5 Å². The first kappa shape index (κ1) is 23.6. The number of nitrogens with one attached hydrogen (secondary N) is 2. The van der Waals surface area contributed by atoms with Crippen molar-refractivity contribution in [3.05, 3.63) is 89.1 Å². The lowest BCUT2D eigenvalue weighted by Gasteiger charge is -2.43. The number of pyridine rings is 1. The fraction of sp³-hybridized carbons (Fsp3) is 0.345. The van der Waals surface area contributed by atoms with Crippen LogP contribution in [-0.2, 0) is 27.8 Å². The molecule has 8 nitrogen and oxygen atoms in total. The number of anilines is 2. The van der Waals surface area contributed by atoms with Crippen LogP contribution in [0.3, 0.4) is 0 Å². The molecule has 0 saturated carbocycles. The lowest BCUT2D eigenvalue weighted by molar-refractivity contribution is -0.147. The molecule has 2 aromatic carbocycles. The SMILES string of the molecule is CC1C(=O)N(CC(=O)Nc2ccc3c(c2)CC2(C3)c3cccnc3NC2O)C(c2ccccc2)CN1C. The zero-order valence-corrected chi connectivity index (χ0v) is 21.0. The van der Waals surface area contributed by atoms with Gasteiger partial charge in [-0.3, -0.25) is 14.5 Å². The van der Waals surface area contributed by atoms with Crippen LogP contribution in [0.5, 0.6) is 0 Å². The third kappa shape index (κ3) is 3.97. The number of benzene rings is 2. The number of aromatic nitrogens is 1. The Bertz CT molecular complexity index is 1360. The maximum Gasteiger partial charge on any atom is 0.244 e. The van der Waals surface area contributed by atoms with Gasteiger partial charge in [-0.2, -0.15) is 0 Å². The normalized spacial score (nSPS) is 26.6. The predicted octanol–water partition coefficient (Wildman–Crippen LogP) is 2.70. The molecular formula is C29H31N5O3. The van der Waals surface area contributed by atoms with E-state index in [0.717, 1.165) is 28.1 Å². The van der Waals surface area contributed by atoms with Crippen LogP contribution in [-0.4, -0.2) is 64.1 Å². The summed E-state index contributed by atoms with van der Waals surface area (Å²) in [7, 11) is 1.94. The third-order valence-electron chi connectivity index (χ3n) is 8.28. The van der Waals surface area contributed by atoms with Gasteiger partial charge in [0.1, 0.15) is 18.6 Å². The van der Waals surface area contributed by atoms with Crippen LogP contribution < -0.4 is 10.6 Å². The van der Waals surface area contributed by atoms with Crippen LogP contribution in [0.1, 0.15) is 35.2 Å². The van der Waals surface area contributed by atoms with Gasteiger partial charge in [-0.25, -0.2) is 4.98 Å². The average Bonchev–Trinajstić information content (AvgIpc) is 3.41. The van der Waals surface area contributed by atoms with Crippen LogP contribution in [0, 0.1) is 0 Å². The Labute approximate surface area is 216 Å². The largest absolute Gasteiger partial charge is 0.373 e. The first-order valence-electron chi connectivity index (χ1n) is 12.7. The first-order chi connectivity index (χ1) is 17.9. The summed E-state index contributed by atoms with van der Waals surface area (Å²) in [6.07, 6.45) is 2.36. The monoisotopic (exact) mass is 497 g/mol. The van der Waals surface area contributed by atoms with Crippen molar-refractivity contribution in [1.29, 1.82) is 0 Å². The van der Waals surface area contributed by atoms with Gasteiger partial charge in [0, 0.05) is 24.0 Å². The smallest absolute Gasteiger partial charge is 0.244 e. The van der Waals surface area contributed by atoms with E-state index in [1.165, 1.54) is 0 Å². The number of likely N-dealkylation sites (N-methyl/N-ethyl adjacent to an activating group) is 1. The second kappa shape index (κ2) is 8.97. The van der Waals surface area contributed by atoms with Gasteiger partial charge < -0.3 is 20.6 Å². The van der Waals surface area contributed by atoms with E-state index in [9.17, 15) is 14.7 Å². The van der Waals surface area contributed by atoms with Gasteiger partial charge in [0.25, 0.3) is 0 Å². The van der Waals surface area contributed by atoms with Crippen molar-refractivity contribution in [2.24, 2.45) is 0 Å². The van der Waals surface area contributed by atoms with Crippen LogP contribution in [0.25, 0.3) is 0 Å². The summed E-state index contributed by atoms with van der Waals surface area (Å²) < 4.78 is 0. The Morgan fingerprint density at radius 1 is 1.14 bits per heavy atom. The lowest BCUT2D eigenvalue weighted by Crippen LogP contribution is -2.57. The number of carbonyl (C=O) groups is 2. The molecule has 3 aromatic rings. The number of hydrogen-bond acceptors (Lipinski definition) is 6. The van der Waals surface area contributed by atoms with Crippen molar-refractivity contribution in [1.82, 2.24) is 14.8 Å². The Morgan fingerprint density at radius 3 is 2.73 bits per heavy atom. The van der Waals surface area contributed by atoms with Gasteiger partial charge >= 0.3 is 0 Å². The molecule has 1 spiro atoms. The van der Waals surface area contributed by atoms with Crippen molar-refractivity contribution in [3.63, 3.8) is 0 Å². The summed E-state index contributed by atoms with van der Waals surface area (Å²) in [6.45, 7) is 2.53. The zero-order valence-electron chi connectivity index (χ0n) is 21.0. The second-order valence-corrected chi connectivity index (χ2v) is 10.5. The highest BCUT2D eigenvalue weighted by molar-refractivity contribution is 5.95. The predicted molar refractivity (Wildman–Crippen MR) is 141 cm³/mol. The molecular weight excluding hydrogens is 466 g/mol. The Morgan fingerprint density at radius 2 is 1.92 bits per heavy atom. The molecule has 4 atom stereocenters. The van der Waals surface area contributed by atoms with E-state index in [4.69, 9.17) is 0 Å². The highest BCUT2D eigenvalue weighted by Gasteiger charge is 2.50. The molecule has 6 rings (SSSR count). The van der Waals surface area contributed by atoms with Crippen LogP contribution in [0.15, 0.2) is 66.9 Å². The van der Waals surface area contributed by atoms with E-state index in [0.29, 0.717) is 25.1 Å². The Balaban J connectivity index is 1.20. The molecule has 190 valence electrons. The summed E-state index contributed by atoms with van der Waals surface area (Å²) in [5.74, 6) is 0.454. The van der Waals surface area contributed by atoms with Crippen molar-refractivity contribution in [3.8, 4) is 0 Å². The van der Waals surface area contributed by atoms with Gasteiger partial charge in [-0.1, -0.05) is 42.5 Å². The van der Waals surface area contributed by atoms with Crippen molar-refractivity contribution in [2.75, 3.05) is 30.8 Å². The second-order valence-electron chi connectivity index (χ2n) is 10.5. The third-order valence-corrected chi connectivity index (χ3v) is 8.28. The zero-order chi connectivity index (χ0) is 25.7. The van der Waals surface area contributed by atoms with E-state index < -0.39 is 11.6 Å². The van der Waals surface area contributed by atoms with Crippen LogP contribution in [0.4, 0.5) is 11.5 Å². The Kier molecular flexibility index (Phi) is 5.73. The average molecular weight is 498 g/mol. The first-order valence-corrected chi connectivity index (χ1v) is 12.7. The summed E-state index contributed by atoms with van der Waals surface area (Å²) in [6, 6.07) is 19.2. The topological polar surface area (TPSA) is 97.8 Å². The van der Waals surface area contributed by atoms with E-state index in [1.807, 2.05) is 79.5 Å². The highest BCUT2D eigenvalue weighted by atomic mass is 16.3. The molecule has 1 fully saturated rings. The van der Waals surface area contributed by atoms with E-state index in [2.05, 4.69) is 15.6 Å². The Hall–Kier alpha value is -3.75. The fourth-order valence-corrected chi connectivity index (χ4v) is 6.12. The molecule has 3 heterocycles. The molecule has 1 aliphatic carbocycles. The molecule has 3 aliphatic rings. The minimum Gasteiger partial charge on any atom is -0.373 e. The highest BCUT2D eigenvalue weighted by Crippen LogP contribution is 2.48. The van der Waals surface area contributed by atoms with Crippen LogP contribution >= 0.6 is 0 Å². The van der Waals surface area contributed by atoms with Gasteiger partial charge in [0.2, 0.25) is 11.8 Å². The van der Waals surface area contributed by atoms with E-state index >= 15 is 0 Å².